The van der Waals surface area contributed by atoms with Gasteiger partial charge in [-0.05, 0) is 54.5 Å². The maximum absolute atomic E-state index is 12.0. The van der Waals surface area contributed by atoms with Crippen molar-refractivity contribution in [2.24, 2.45) is 0 Å². The Balaban J connectivity index is 1.79. The van der Waals surface area contributed by atoms with Crippen molar-refractivity contribution in [3.63, 3.8) is 0 Å². The maximum Gasteiger partial charge on any atom is 0.336 e. The van der Waals surface area contributed by atoms with Gasteiger partial charge in [0.1, 0.15) is 17.2 Å². The van der Waals surface area contributed by atoms with Crippen LogP contribution >= 0.6 is 0 Å². The van der Waals surface area contributed by atoms with Gasteiger partial charge in [-0.25, -0.2) is 9.59 Å². The van der Waals surface area contributed by atoms with E-state index >= 15 is 0 Å². The van der Waals surface area contributed by atoms with Crippen molar-refractivity contribution in [3.8, 4) is 17.2 Å². The van der Waals surface area contributed by atoms with E-state index < -0.39 is 11.9 Å². The molecule has 5 nitrogen and oxygen atoms in total. The fourth-order valence-corrected chi connectivity index (χ4v) is 2.44. The molecule has 2 aromatic carbocycles. The van der Waals surface area contributed by atoms with E-state index in [1.165, 1.54) is 37.5 Å². The van der Waals surface area contributed by atoms with Crippen LogP contribution in [0.3, 0.4) is 0 Å². The van der Waals surface area contributed by atoms with E-state index in [0.717, 1.165) is 23.8 Å². The number of hydrogen-bond donors (Lipinski definition) is 0. The van der Waals surface area contributed by atoms with Crippen molar-refractivity contribution < 1.29 is 23.8 Å². The lowest BCUT2D eigenvalue weighted by Crippen LogP contribution is -2.05. The summed E-state index contributed by atoms with van der Waals surface area (Å²) in [5.41, 5.74) is 0.868. The predicted molar refractivity (Wildman–Crippen MR) is 113 cm³/mol. The largest absolute Gasteiger partial charge is 0.494 e. The van der Waals surface area contributed by atoms with Gasteiger partial charge in [0.05, 0.1) is 6.61 Å². The summed E-state index contributed by atoms with van der Waals surface area (Å²) in [6.45, 7) is 6.23. The van der Waals surface area contributed by atoms with Crippen LogP contribution in [0.5, 0.6) is 17.2 Å². The van der Waals surface area contributed by atoms with Gasteiger partial charge in [0.25, 0.3) is 0 Å². The van der Waals surface area contributed by atoms with Crippen LogP contribution in [0.15, 0.2) is 67.3 Å². The molecule has 0 radical (unpaired) electrons. The summed E-state index contributed by atoms with van der Waals surface area (Å²) in [4.78, 5) is 23.1. The zero-order valence-electron chi connectivity index (χ0n) is 16.6. The van der Waals surface area contributed by atoms with Crippen molar-refractivity contribution in [1.82, 2.24) is 0 Å². The Morgan fingerprint density at radius 2 is 1.41 bits per heavy atom. The molecule has 0 saturated carbocycles. The molecule has 2 rings (SSSR count). The lowest BCUT2D eigenvalue weighted by atomic mass is 10.2. The van der Waals surface area contributed by atoms with E-state index in [2.05, 4.69) is 13.5 Å². The van der Waals surface area contributed by atoms with E-state index in [4.69, 9.17) is 14.2 Å². The molecule has 0 unspecified atom stereocenters. The van der Waals surface area contributed by atoms with Crippen LogP contribution in [-0.2, 0) is 9.59 Å². The Hall–Kier alpha value is -3.34. The molecule has 0 aromatic heterocycles. The molecule has 0 bridgehead atoms. The van der Waals surface area contributed by atoms with Crippen LogP contribution < -0.4 is 14.2 Å². The number of benzene rings is 2. The van der Waals surface area contributed by atoms with E-state index in [-0.39, 0.29) is 0 Å². The number of ether oxygens (including phenoxy) is 3. The minimum atomic E-state index is -0.550. The van der Waals surface area contributed by atoms with Gasteiger partial charge in [0, 0.05) is 12.2 Å². The van der Waals surface area contributed by atoms with Crippen LogP contribution in [0.1, 0.15) is 38.2 Å². The molecule has 0 fully saturated rings. The van der Waals surface area contributed by atoms with Crippen molar-refractivity contribution in [3.05, 3.63) is 72.8 Å². The normalized spacial score (nSPS) is 10.5. The quantitative estimate of drug-likeness (QED) is 0.222. The molecule has 0 atom stereocenters. The zero-order chi connectivity index (χ0) is 20.9. The highest BCUT2D eigenvalue weighted by molar-refractivity contribution is 5.88. The summed E-state index contributed by atoms with van der Waals surface area (Å²) < 4.78 is 15.9. The fraction of sp³-hybridized carbons (Fsp3) is 0.250. The highest BCUT2D eigenvalue weighted by Crippen LogP contribution is 2.18. The topological polar surface area (TPSA) is 61.8 Å². The van der Waals surface area contributed by atoms with Gasteiger partial charge in [0.15, 0.2) is 0 Å². The average Bonchev–Trinajstić information content (AvgIpc) is 2.74. The second kappa shape index (κ2) is 12.2. The van der Waals surface area contributed by atoms with Crippen molar-refractivity contribution in [2.45, 2.75) is 32.6 Å². The average molecular weight is 394 g/mol. The van der Waals surface area contributed by atoms with Crippen LogP contribution in [-0.4, -0.2) is 18.5 Å². The molecule has 5 heteroatoms. The Morgan fingerprint density at radius 3 is 2.00 bits per heavy atom. The predicted octanol–water partition coefficient (Wildman–Crippen LogP) is 5.36. The first-order valence-electron chi connectivity index (χ1n) is 9.67. The number of carbonyl (C=O) groups excluding carboxylic acids is 2. The van der Waals surface area contributed by atoms with Gasteiger partial charge in [-0.3, -0.25) is 0 Å². The molecule has 0 heterocycles. The third-order valence-corrected chi connectivity index (χ3v) is 3.99. The fourth-order valence-electron chi connectivity index (χ4n) is 2.44. The molecule has 0 aliphatic rings. The first kappa shape index (κ1) is 22.0. The molecule has 2 aromatic rings. The van der Waals surface area contributed by atoms with Gasteiger partial charge in [0.2, 0.25) is 0 Å². The van der Waals surface area contributed by atoms with Crippen molar-refractivity contribution in [1.29, 1.82) is 0 Å². The summed E-state index contributed by atoms with van der Waals surface area (Å²) in [5, 5.41) is 0. The highest BCUT2D eigenvalue weighted by atomic mass is 16.5. The van der Waals surface area contributed by atoms with Crippen LogP contribution in [0.25, 0.3) is 6.08 Å². The number of carbonyl (C=O) groups is 2. The molecule has 0 spiro atoms. The molecule has 29 heavy (non-hydrogen) atoms. The van der Waals surface area contributed by atoms with Crippen LogP contribution in [0, 0.1) is 0 Å². The number of rotatable bonds is 11. The molecule has 0 N–H and O–H groups in total. The minimum Gasteiger partial charge on any atom is -0.494 e. The van der Waals surface area contributed by atoms with Gasteiger partial charge in [-0.15, -0.1) is 0 Å². The van der Waals surface area contributed by atoms with E-state index in [1.54, 1.807) is 18.2 Å². The number of esters is 2. The van der Waals surface area contributed by atoms with Crippen molar-refractivity contribution >= 4 is 18.0 Å². The first-order valence-corrected chi connectivity index (χ1v) is 9.67. The summed E-state index contributed by atoms with van der Waals surface area (Å²) >= 11 is 0. The summed E-state index contributed by atoms with van der Waals surface area (Å²) in [6, 6.07) is 13.7. The lowest BCUT2D eigenvalue weighted by Gasteiger charge is -2.06. The molecule has 0 aliphatic heterocycles. The Kier molecular flexibility index (Phi) is 9.22. The Labute approximate surface area is 171 Å². The molecule has 152 valence electrons. The number of hydrogen-bond acceptors (Lipinski definition) is 5. The SMILES string of the molecule is C=CC(=O)Oc1ccc(OC(=O)C=Cc2ccc(OCCCCCC)cc2)cc1. The van der Waals surface area contributed by atoms with Crippen LogP contribution in [0.2, 0.25) is 0 Å². The summed E-state index contributed by atoms with van der Waals surface area (Å²) in [5.74, 6) is 0.462. The zero-order valence-corrected chi connectivity index (χ0v) is 16.6. The van der Waals surface area contributed by atoms with Gasteiger partial charge in [-0.1, -0.05) is 44.9 Å². The van der Waals surface area contributed by atoms with E-state index in [9.17, 15) is 9.59 Å². The first-order chi connectivity index (χ1) is 14.1. The third-order valence-electron chi connectivity index (χ3n) is 3.99. The Bertz CT molecular complexity index is 819. The second-order valence-corrected chi connectivity index (χ2v) is 6.33. The molecule has 0 amide bonds. The molecular formula is C24H26O5. The standard InChI is InChI=1S/C24H26O5/c1-3-5-6-7-18-27-20-11-8-19(9-12-20)10-17-24(26)29-22-15-13-21(14-16-22)28-23(25)4-2/h4,8-17H,2-3,5-7,18H2,1H3. The smallest absolute Gasteiger partial charge is 0.336 e. The second-order valence-electron chi connectivity index (χ2n) is 6.33. The third kappa shape index (κ3) is 8.47. The van der Waals surface area contributed by atoms with Gasteiger partial charge in [-0.2, -0.15) is 0 Å². The van der Waals surface area contributed by atoms with E-state index in [1.807, 2.05) is 24.3 Å². The summed E-state index contributed by atoms with van der Waals surface area (Å²) in [6.07, 6.45) is 8.78. The highest BCUT2D eigenvalue weighted by Gasteiger charge is 2.03. The maximum atomic E-state index is 12.0. The Morgan fingerprint density at radius 1 is 0.828 bits per heavy atom. The van der Waals surface area contributed by atoms with Gasteiger partial charge >= 0.3 is 11.9 Å². The number of unbranched alkanes of at least 4 members (excludes halogenated alkanes) is 3. The molecule has 0 aliphatic carbocycles. The monoisotopic (exact) mass is 394 g/mol. The van der Waals surface area contributed by atoms with E-state index in [0.29, 0.717) is 18.1 Å². The molecular weight excluding hydrogens is 368 g/mol. The lowest BCUT2D eigenvalue weighted by molar-refractivity contribution is -0.130. The summed E-state index contributed by atoms with van der Waals surface area (Å²) in [7, 11) is 0. The minimum absolute atomic E-state index is 0.345. The molecule has 0 saturated heterocycles. The van der Waals surface area contributed by atoms with Gasteiger partial charge < -0.3 is 14.2 Å². The van der Waals surface area contributed by atoms with Crippen molar-refractivity contribution in [2.75, 3.05) is 6.61 Å². The van der Waals surface area contributed by atoms with Crippen LogP contribution in [0.4, 0.5) is 0 Å².